The largest absolute Gasteiger partial charge is 0.731 e. The number of hydrogen-bond acceptors (Lipinski definition) is 21. The van der Waals surface area contributed by atoms with Gasteiger partial charge in [-0.25, -0.2) is 44.6 Å². The molecule has 0 aromatic carbocycles. The second-order valence-corrected chi connectivity index (χ2v) is 34.5. The molecule has 9 N–H and O–H groups in total. The molecular formula is C61H109N15O19S4. The maximum Gasteiger partial charge on any atom is 0.432 e. The highest BCUT2D eigenvalue weighted by molar-refractivity contribution is 7.85. The van der Waals surface area contributed by atoms with Crippen LogP contribution in [0.1, 0.15) is 181 Å². The minimum absolute atomic E-state index is 0.0387. The first-order valence-electron chi connectivity index (χ1n) is 35.3. The van der Waals surface area contributed by atoms with Crippen LogP contribution in [0.15, 0.2) is 0 Å². The van der Waals surface area contributed by atoms with Crippen molar-refractivity contribution in [1.82, 2.24) is 68.5 Å². The first kappa shape index (κ1) is 81.3. The summed E-state index contributed by atoms with van der Waals surface area (Å²) in [4.78, 5) is 109. The molecule has 11 aliphatic rings. The number of quaternary nitrogens is 1. The SMILES string of the molecule is CN1CCCCC(NC(=O)N2CC[C@@H]3[C@H]2C(=O)N3S(=O)(=O)O)CCC1.CN1CCCCC(NC(=O)ON2C(=O)CCC2=O)CCC1.CN1CCCCC(N[S@](=O)C(C)(C)C)CCC1.O=C(NC1CCCCNCCC1)N1CC[C@@H]2[C@H]1C(=O)N2S(=O)(=O)O.O=C1[C@H]2[NH2+]CC[C@H]2N1S(=O)(=O)[O-]. The molecule has 0 spiro atoms. The van der Waals surface area contributed by atoms with Gasteiger partial charge in [-0.1, -0.05) is 25.7 Å². The topological polar surface area (TPSA) is 435 Å². The Bertz CT molecular complexity index is 3150. The van der Waals surface area contributed by atoms with Crippen molar-refractivity contribution in [1.29, 1.82) is 0 Å². The molecule has 566 valence electrons. The van der Waals surface area contributed by atoms with Gasteiger partial charge in [-0.15, -0.1) is 5.06 Å². The Kier molecular flexibility index (Phi) is 30.3. The molecule has 11 rings (SSSR count). The first-order chi connectivity index (χ1) is 46.6. The van der Waals surface area contributed by atoms with Crippen LogP contribution in [-0.4, -0.2) is 292 Å². The summed E-state index contributed by atoms with van der Waals surface area (Å²) in [5, 5.41) is 14.5. The average Bonchev–Trinajstić information content (AvgIpc) is 1.65. The van der Waals surface area contributed by atoms with Crippen molar-refractivity contribution in [3.05, 3.63) is 0 Å². The highest BCUT2D eigenvalue weighted by Gasteiger charge is 2.62. The van der Waals surface area contributed by atoms with E-state index in [-0.39, 0.29) is 59.9 Å². The van der Waals surface area contributed by atoms with Crippen LogP contribution in [0.3, 0.4) is 0 Å². The lowest BCUT2D eigenvalue weighted by atomic mass is 10.0. The quantitative estimate of drug-likeness (QED) is 0.0861. The molecule has 34 nitrogen and oxygen atoms in total. The van der Waals surface area contributed by atoms with Crippen LogP contribution in [0, 0.1) is 0 Å². The van der Waals surface area contributed by atoms with Gasteiger partial charge in [0.25, 0.3) is 29.5 Å². The van der Waals surface area contributed by atoms with Crippen LogP contribution >= 0.6 is 0 Å². The molecule has 11 atom stereocenters. The molecule has 0 bridgehead atoms. The molecule has 38 heteroatoms. The summed E-state index contributed by atoms with van der Waals surface area (Å²) in [7, 11) is -8.16. The molecule has 11 heterocycles. The highest BCUT2D eigenvalue weighted by atomic mass is 32.2. The van der Waals surface area contributed by atoms with Gasteiger partial charge in [-0.3, -0.25) is 33.1 Å². The van der Waals surface area contributed by atoms with Crippen LogP contribution in [0.5, 0.6) is 0 Å². The van der Waals surface area contributed by atoms with Gasteiger partial charge in [0.2, 0.25) is 0 Å². The molecule has 0 aromatic heterocycles. The summed E-state index contributed by atoms with van der Waals surface area (Å²) in [5.74, 6) is -2.92. The van der Waals surface area contributed by atoms with Crippen LogP contribution < -0.4 is 31.3 Å². The standard InChI is InChI=1S/C15H26N4O5S.C14H24N4O5S.C14H23N3O4.C13H28N2OS.C5H8N2O4S/c1-17-8-3-2-5-11(6-4-9-17)16-15(21)18-10-7-12-13(18)14(20)19(12)25(22,23)24;19-13-12-11(18(13)24(21,22)23)6-9-17(12)14(20)16-10-4-1-2-7-15-8-3-5-10;1-16-9-3-2-5-11(6-4-10-16)15-14(20)21-17-12(18)7-8-13(17)19;1-13(2,3)17(16)14-12-8-5-6-10-15(4)11-7-9-12;8-5-4-3(1-2-6-4)7(5)12(9,10)11/h11-13H,2-10H2,1H3,(H,16,21)(H,22,23,24);10-12,15H,1-9H2,(H,16,20)(H,21,22,23);11H,2-10H2,1H3,(H,15,20);12,14H,5-11H2,1-4H3;3-4,6H,1-2H2,(H,9,10,11)/t11?,12-,13+;10?,11-,12+;;12?,17-;3-,4+/m11.11/s1. The number of carbonyl (C=O) groups excluding carboxylic acids is 8. The van der Waals surface area contributed by atoms with Crippen molar-refractivity contribution in [2.45, 2.75) is 246 Å². The van der Waals surface area contributed by atoms with Crippen LogP contribution in [0.4, 0.5) is 14.4 Å². The number of nitrogens with zero attached hydrogens (tertiary/aromatic N) is 9. The smallest absolute Gasteiger partial charge is 0.432 e. The van der Waals surface area contributed by atoms with Gasteiger partial charge in [-0.2, -0.15) is 16.8 Å². The minimum atomic E-state index is -4.56. The lowest BCUT2D eigenvalue weighted by molar-refractivity contribution is -0.664. The fourth-order valence-electron chi connectivity index (χ4n) is 14.5. The Morgan fingerprint density at radius 3 is 1.35 bits per heavy atom. The number of imide groups is 1. The Morgan fingerprint density at radius 2 is 0.909 bits per heavy atom. The number of nitrogens with one attached hydrogen (secondary N) is 5. The molecule has 0 saturated carbocycles. The molecule has 0 radical (unpaired) electrons. The molecule has 4 unspecified atom stereocenters. The predicted molar refractivity (Wildman–Crippen MR) is 362 cm³/mol. The summed E-state index contributed by atoms with van der Waals surface area (Å²) < 4.78 is 111. The number of nitrogens with two attached hydrogens (primary N) is 1. The molecule has 0 aromatic rings. The van der Waals surface area contributed by atoms with Crippen molar-refractivity contribution in [2.24, 2.45) is 0 Å². The summed E-state index contributed by atoms with van der Waals surface area (Å²) >= 11 is 0. The van der Waals surface area contributed by atoms with E-state index in [0.717, 1.165) is 148 Å². The van der Waals surface area contributed by atoms with E-state index in [2.05, 4.69) is 61.8 Å². The van der Waals surface area contributed by atoms with Gasteiger partial charge in [0.1, 0.15) is 18.1 Å². The van der Waals surface area contributed by atoms with Crippen LogP contribution in [-0.2, 0) is 70.7 Å². The number of urea groups is 2. The molecule has 0 aliphatic carbocycles. The maximum absolute atomic E-state index is 12.6. The lowest BCUT2D eigenvalue weighted by Gasteiger charge is -2.42. The highest BCUT2D eigenvalue weighted by Crippen LogP contribution is 2.37. The number of fused-ring (bicyclic) bond motifs is 3. The number of β-lactam (4-membered cyclic amide) rings is 3. The van der Waals surface area contributed by atoms with E-state index in [9.17, 15) is 72.4 Å². The zero-order valence-electron chi connectivity index (χ0n) is 58.3. The predicted octanol–water partition coefficient (Wildman–Crippen LogP) is 0.0915. The monoisotopic (exact) mass is 1480 g/mol. The number of hydroxylamine groups is 2. The number of hydrogen-bond donors (Lipinski definition) is 8. The van der Waals surface area contributed by atoms with Crippen molar-refractivity contribution in [3.8, 4) is 0 Å². The second-order valence-electron chi connectivity index (χ2n) is 28.7. The van der Waals surface area contributed by atoms with E-state index in [1.54, 1.807) is 5.32 Å². The Morgan fingerprint density at radius 1 is 0.515 bits per heavy atom. The minimum Gasteiger partial charge on any atom is -0.731 e. The van der Waals surface area contributed by atoms with Gasteiger partial charge in [0, 0.05) is 56.5 Å². The zero-order valence-corrected chi connectivity index (χ0v) is 61.6. The number of rotatable bonds is 9. The third kappa shape index (κ3) is 23.2. The third-order valence-electron chi connectivity index (χ3n) is 20.0. The molecule has 10 amide bonds. The first-order valence-corrected chi connectivity index (χ1v) is 40.6. The number of carbonyl (C=O) groups is 8. The van der Waals surface area contributed by atoms with E-state index in [1.807, 2.05) is 20.8 Å². The van der Waals surface area contributed by atoms with Crippen molar-refractivity contribution in [2.75, 3.05) is 93.1 Å². The summed E-state index contributed by atoms with van der Waals surface area (Å²) in [6.45, 7) is 15.9. The second kappa shape index (κ2) is 36.9. The van der Waals surface area contributed by atoms with Gasteiger partial charge >= 0.3 is 38.8 Å². The van der Waals surface area contributed by atoms with E-state index >= 15 is 0 Å². The fourth-order valence-corrected chi connectivity index (χ4v) is 18.1. The molecule has 99 heavy (non-hydrogen) atoms. The Labute approximate surface area is 586 Å². The van der Waals surface area contributed by atoms with E-state index in [0.29, 0.717) is 62.9 Å². The van der Waals surface area contributed by atoms with Gasteiger partial charge < -0.3 is 60.5 Å². The molecular weight excluding hydrogens is 1380 g/mol. The van der Waals surface area contributed by atoms with Gasteiger partial charge in [0.05, 0.1) is 34.4 Å². The van der Waals surface area contributed by atoms with Crippen molar-refractivity contribution in [3.63, 3.8) is 0 Å². The average molecular weight is 1480 g/mol. The van der Waals surface area contributed by atoms with Crippen molar-refractivity contribution >= 4 is 89.6 Å². The number of amides is 10. The molecule has 11 fully saturated rings. The third-order valence-corrected chi connectivity index (χ3v) is 24.5. The van der Waals surface area contributed by atoms with Crippen LogP contribution in [0.2, 0.25) is 0 Å². The molecule has 11 aliphatic heterocycles. The van der Waals surface area contributed by atoms with E-state index in [4.69, 9.17) is 13.9 Å². The van der Waals surface area contributed by atoms with E-state index in [1.165, 1.54) is 42.2 Å². The number of likely N-dealkylation sites (tertiary alicyclic amines) is 2. The fraction of sp³-hybridized carbons (Fsp3) is 0.869. The van der Waals surface area contributed by atoms with Crippen molar-refractivity contribution < 1.29 is 91.6 Å². The summed E-state index contributed by atoms with van der Waals surface area (Å²) in [6, 6.07) is -3.52. The van der Waals surface area contributed by atoms with E-state index < -0.39 is 102 Å². The summed E-state index contributed by atoms with van der Waals surface area (Å²) in [5.41, 5.74) is 0. The maximum atomic E-state index is 12.6. The summed E-state index contributed by atoms with van der Waals surface area (Å²) in [6.07, 6.45) is 21.6. The lowest BCUT2D eigenvalue weighted by Crippen LogP contribution is -2.95. The van der Waals surface area contributed by atoms with Crippen LogP contribution in [0.25, 0.3) is 0 Å². The Balaban J connectivity index is 0.000000177. The Hall–Kier alpha value is -5.00. The zero-order chi connectivity index (χ0) is 72.6. The molecule has 11 saturated heterocycles. The normalized spacial score (nSPS) is 29.8. The van der Waals surface area contributed by atoms with Gasteiger partial charge in [0.15, 0.2) is 16.3 Å². The van der Waals surface area contributed by atoms with Gasteiger partial charge in [-0.05, 0) is 210 Å².